The van der Waals surface area contributed by atoms with Crippen molar-refractivity contribution in [3.63, 3.8) is 0 Å². The minimum atomic E-state index is -0.0901. The molecule has 2 heterocycles. The van der Waals surface area contributed by atoms with Crippen LogP contribution in [0.5, 0.6) is 0 Å². The molecule has 1 unspecified atom stereocenters. The summed E-state index contributed by atoms with van der Waals surface area (Å²) in [5.74, 6) is 0. The first kappa shape index (κ1) is 23.0. The lowest BCUT2D eigenvalue weighted by Gasteiger charge is -2.30. The van der Waals surface area contributed by atoms with Crippen molar-refractivity contribution in [1.82, 2.24) is 19.9 Å². The van der Waals surface area contributed by atoms with E-state index in [1.807, 2.05) is 0 Å². The zero-order chi connectivity index (χ0) is 26.9. The number of fused-ring (bicyclic) bond motifs is 8. The van der Waals surface area contributed by atoms with E-state index in [4.69, 9.17) is 19.9 Å². The molecule has 6 aromatic rings. The second-order valence-electron chi connectivity index (χ2n) is 13.4. The maximum Gasteiger partial charge on any atom is 0.0897 e. The minimum Gasteiger partial charge on any atom is -0.244 e. The van der Waals surface area contributed by atoms with Crippen LogP contribution in [0.2, 0.25) is 0 Å². The predicted octanol–water partition coefficient (Wildman–Crippen LogP) is 8.14. The number of aromatic nitrogens is 4. The first-order valence-corrected chi connectivity index (χ1v) is 14.0. The van der Waals surface area contributed by atoms with Crippen LogP contribution in [0.25, 0.3) is 44.1 Å². The molecule has 1 spiro atoms. The van der Waals surface area contributed by atoms with E-state index in [0.717, 1.165) is 57.0 Å². The average molecular weight is 509 g/mol. The monoisotopic (exact) mass is 508 g/mol. The Balaban J connectivity index is 1.42. The summed E-state index contributed by atoms with van der Waals surface area (Å²) in [5.41, 5.74) is 15.8. The molecule has 0 N–H and O–H groups in total. The molecule has 0 bridgehead atoms. The molecule has 0 amide bonds. The summed E-state index contributed by atoms with van der Waals surface area (Å²) in [6, 6.07) is 22.1. The molecule has 4 nitrogen and oxygen atoms in total. The molecule has 39 heavy (non-hydrogen) atoms. The lowest BCUT2D eigenvalue weighted by molar-refractivity contribution is 0.350. The third-order valence-corrected chi connectivity index (χ3v) is 9.43. The van der Waals surface area contributed by atoms with Crippen molar-refractivity contribution < 1.29 is 0 Å². The summed E-state index contributed by atoms with van der Waals surface area (Å²) in [4.78, 5) is 20.3. The summed E-state index contributed by atoms with van der Waals surface area (Å²) in [7, 11) is 0. The molecule has 0 fully saturated rings. The highest BCUT2D eigenvalue weighted by molar-refractivity contribution is 5.90. The third-order valence-electron chi connectivity index (χ3n) is 9.43. The summed E-state index contributed by atoms with van der Waals surface area (Å²) in [5, 5.41) is 0. The molecule has 4 aromatic carbocycles. The Labute approximate surface area is 228 Å². The average Bonchev–Trinajstić information content (AvgIpc) is 3.22. The van der Waals surface area contributed by atoms with E-state index in [0.29, 0.717) is 0 Å². The van der Waals surface area contributed by atoms with Gasteiger partial charge in [0, 0.05) is 5.41 Å². The summed E-state index contributed by atoms with van der Waals surface area (Å²) in [6.07, 6.45) is 2.12. The molecule has 4 heteroatoms. The number of benzene rings is 4. The molecular formula is C35H32N4. The molecule has 8 rings (SSSR count). The van der Waals surface area contributed by atoms with Gasteiger partial charge in [-0.3, -0.25) is 0 Å². The van der Waals surface area contributed by atoms with Gasteiger partial charge in [0.15, 0.2) is 0 Å². The predicted molar refractivity (Wildman–Crippen MR) is 160 cm³/mol. The van der Waals surface area contributed by atoms with Gasteiger partial charge in [-0.05, 0) is 119 Å². The van der Waals surface area contributed by atoms with Crippen LogP contribution in [0, 0.1) is 13.8 Å². The lowest BCUT2D eigenvalue weighted by atomic mass is 9.72. The van der Waals surface area contributed by atoms with E-state index in [2.05, 4.69) is 102 Å². The van der Waals surface area contributed by atoms with Gasteiger partial charge in [-0.2, -0.15) is 0 Å². The van der Waals surface area contributed by atoms with Crippen molar-refractivity contribution in [3.8, 4) is 0 Å². The van der Waals surface area contributed by atoms with Crippen molar-refractivity contribution in [2.75, 3.05) is 0 Å². The Morgan fingerprint density at radius 1 is 0.436 bits per heavy atom. The van der Waals surface area contributed by atoms with Crippen LogP contribution >= 0.6 is 0 Å². The first-order chi connectivity index (χ1) is 18.5. The number of rotatable bonds is 0. The topological polar surface area (TPSA) is 51.6 Å². The van der Waals surface area contributed by atoms with Crippen molar-refractivity contribution in [2.45, 2.75) is 70.6 Å². The van der Waals surface area contributed by atoms with Gasteiger partial charge in [0.2, 0.25) is 0 Å². The van der Waals surface area contributed by atoms with Gasteiger partial charge < -0.3 is 0 Å². The van der Waals surface area contributed by atoms with Crippen LogP contribution in [-0.2, 0) is 16.2 Å². The zero-order valence-electron chi connectivity index (χ0n) is 23.5. The molecule has 0 radical (unpaired) electrons. The van der Waals surface area contributed by atoms with E-state index in [1.165, 1.54) is 33.4 Å². The second kappa shape index (κ2) is 7.18. The van der Waals surface area contributed by atoms with Crippen molar-refractivity contribution >= 4 is 44.1 Å². The van der Waals surface area contributed by atoms with E-state index in [-0.39, 0.29) is 16.2 Å². The standard InChI is InChI=1S/C35H32N4/c1-19-8-10-26-27(11-19)38-30-14-22-23(15-31(30)37-26)35(18-34(22,5)6)17-33(3,4)21-13-29-32(16-24(21)35)39-28-12-20(2)7-9-25(28)36-29/h7-16H,17-18H2,1-6H3. The Kier molecular flexibility index (Phi) is 4.23. The van der Waals surface area contributed by atoms with Crippen LogP contribution in [0.3, 0.4) is 0 Å². The smallest absolute Gasteiger partial charge is 0.0897 e. The van der Waals surface area contributed by atoms with Gasteiger partial charge in [0.05, 0.1) is 44.1 Å². The van der Waals surface area contributed by atoms with Gasteiger partial charge in [-0.1, -0.05) is 39.8 Å². The Morgan fingerprint density at radius 2 is 0.769 bits per heavy atom. The lowest BCUT2D eigenvalue weighted by Crippen LogP contribution is -2.27. The number of hydrogen-bond acceptors (Lipinski definition) is 4. The maximum absolute atomic E-state index is 5.12. The minimum absolute atomic E-state index is 0.0194. The summed E-state index contributed by atoms with van der Waals surface area (Å²) in [6.45, 7) is 13.8. The normalized spacial score (nSPS) is 20.9. The van der Waals surface area contributed by atoms with Crippen LogP contribution in [0.4, 0.5) is 0 Å². The quantitative estimate of drug-likeness (QED) is 0.194. The van der Waals surface area contributed by atoms with Gasteiger partial charge in [0.25, 0.3) is 0 Å². The van der Waals surface area contributed by atoms with Gasteiger partial charge in [0.1, 0.15) is 0 Å². The zero-order valence-corrected chi connectivity index (χ0v) is 23.5. The SMILES string of the molecule is Cc1ccc2nc3cc4c(cc3nc2c1)C(C)(C)CC41CC(C)(C)c2cc3nc4ccc(C)cc4nc3cc21. The highest BCUT2D eigenvalue weighted by atomic mass is 14.8. The molecule has 192 valence electrons. The maximum atomic E-state index is 5.12. The van der Waals surface area contributed by atoms with Crippen molar-refractivity contribution in [1.29, 1.82) is 0 Å². The Hall–Kier alpha value is -3.92. The van der Waals surface area contributed by atoms with E-state index < -0.39 is 0 Å². The van der Waals surface area contributed by atoms with Gasteiger partial charge >= 0.3 is 0 Å². The van der Waals surface area contributed by atoms with Crippen LogP contribution in [0.1, 0.15) is 73.9 Å². The fraction of sp³-hybridized carbons (Fsp3) is 0.314. The molecule has 1 atom stereocenters. The molecule has 2 aliphatic carbocycles. The van der Waals surface area contributed by atoms with Gasteiger partial charge in [-0.25, -0.2) is 19.9 Å². The summed E-state index contributed by atoms with van der Waals surface area (Å²) >= 11 is 0. The third kappa shape index (κ3) is 3.12. The second-order valence-corrected chi connectivity index (χ2v) is 13.4. The molecule has 0 aliphatic heterocycles. The molecule has 0 saturated carbocycles. The van der Waals surface area contributed by atoms with Crippen LogP contribution < -0.4 is 0 Å². The highest BCUT2D eigenvalue weighted by Gasteiger charge is 2.56. The first-order valence-electron chi connectivity index (χ1n) is 14.0. The van der Waals surface area contributed by atoms with E-state index >= 15 is 0 Å². The number of hydrogen-bond donors (Lipinski definition) is 0. The highest BCUT2D eigenvalue weighted by Crippen LogP contribution is 2.63. The fourth-order valence-corrected chi connectivity index (χ4v) is 7.87. The van der Waals surface area contributed by atoms with Crippen LogP contribution in [0.15, 0.2) is 60.7 Å². The Morgan fingerprint density at radius 3 is 1.18 bits per heavy atom. The summed E-state index contributed by atoms with van der Waals surface area (Å²) < 4.78 is 0. The molecular weight excluding hydrogens is 476 g/mol. The van der Waals surface area contributed by atoms with Gasteiger partial charge in [-0.15, -0.1) is 0 Å². The van der Waals surface area contributed by atoms with E-state index in [9.17, 15) is 0 Å². The largest absolute Gasteiger partial charge is 0.244 e. The van der Waals surface area contributed by atoms with Crippen molar-refractivity contribution in [2.24, 2.45) is 0 Å². The number of nitrogens with zero attached hydrogens (tertiary/aromatic N) is 4. The fourth-order valence-electron chi connectivity index (χ4n) is 7.87. The Bertz CT molecular complexity index is 2050. The molecule has 0 saturated heterocycles. The van der Waals surface area contributed by atoms with Crippen LogP contribution in [-0.4, -0.2) is 19.9 Å². The van der Waals surface area contributed by atoms with E-state index in [1.54, 1.807) is 0 Å². The molecule has 2 aromatic heterocycles. The van der Waals surface area contributed by atoms with Crippen molar-refractivity contribution in [3.05, 3.63) is 94.0 Å². The molecule has 2 aliphatic rings. The number of aryl methyl sites for hydroxylation is 2.